The Morgan fingerprint density at radius 3 is 1.00 bits per heavy atom. The molecule has 0 saturated carbocycles. The standard InChI is InChI=1S/C8H10.2C8H8/c1-7-5-3-4-6-8(7)2;2*1-2-8-6-4-3-5-7-8/h3-6H,1-2H3;2*2-7H,1H2. The Hall–Kier alpha value is -2.86. The highest BCUT2D eigenvalue weighted by Gasteiger charge is 1.83. The van der Waals surface area contributed by atoms with Crippen LogP contribution in [0, 0.1) is 13.8 Å². The molecule has 0 radical (unpaired) electrons. The van der Waals surface area contributed by atoms with Crippen LogP contribution >= 0.6 is 0 Å². The van der Waals surface area contributed by atoms with Crippen molar-refractivity contribution >= 4 is 12.2 Å². The van der Waals surface area contributed by atoms with Crippen molar-refractivity contribution in [1.29, 1.82) is 0 Å². The molecule has 3 aromatic carbocycles. The van der Waals surface area contributed by atoms with Crippen LogP contribution in [-0.2, 0) is 0 Å². The minimum absolute atomic E-state index is 1.17. The second-order valence-corrected chi connectivity index (χ2v) is 5.31. The van der Waals surface area contributed by atoms with Crippen molar-refractivity contribution in [2.75, 3.05) is 0 Å². The summed E-state index contributed by atoms with van der Waals surface area (Å²) in [5, 5.41) is 0. The predicted molar refractivity (Wildman–Crippen MR) is 109 cm³/mol. The van der Waals surface area contributed by atoms with E-state index in [0.29, 0.717) is 0 Å². The normalized spacial score (nSPS) is 8.75. The van der Waals surface area contributed by atoms with Crippen LogP contribution in [0.1, 0.15) is 22.3 Å². The minimum Gasteiger partial charge on any atom is -0.0985 e. The van der Waals surface area contributed by atoms with Gasteiger partial charge in [0.05, 0.1) is 0 Å². The summed E-state index contributed by atoms with van der Waals surface area (Å²) in [4.78, 5) is 0. The van der Waals surface area contributed by atoms with Crippen molar-refractivity contribution in [1.82, 2.24) is 0 Å². The SMILES string of the molecule is C=Cc1ccccc1.C=Cc1ccccc1.Cc1ccccc1C. The van der Waals surface area contributed by atoms with Crippen LogP contribution in [-0.4, -0.2) is 0 Å². The predicted octanol–water partition coefficient (Wildman–Crippen LogP) is 6.96. The van der Waals surface area contributed by atoms with Crippen molar-refractivity contribution in [2.45, 2.75) is 13.8 Å². The zero-order valence-electron chi connectivity index (χ0n) is 14.7. The number of benzene rings is 3. The topological polar surface area (TPSA) is 0 Å². The van der Waals surface area contributed by atoms with Gasteiger partial charge in [0.2, 0.25) is 0 Å². The second-order valence-electron chi connectivity index (χ2n) is 5.31. The zero-order chi connectivity index (χ0) is 17.6. The van der Waals surface area contributed by atoms with E-state index in [2.05, 4.69) is 51.3 Å². The summed E-state index contributed by atoms with van der Waals surface area (Å²) >= 11 is 0. The van der Waals surface area contributed by atoms with Crippen LogP contribution in [0.15, 0.2) is 98.1 Å². The number of rotatable bonds is 2. The molecule has 0 amide bonds. The molecule has 0 saturated heterocycles. The Morgan fingerprint density at radius 2 is 0.792 bits per heavy atom. The van der Waals surface area contributed by atoms with E-state index in [4.69, 9.17) is 0 Å². The van der Waals surface area contributed by atoms with Crippen LogP contribution < -0.4 is 0 Å². The molecule has 3 aromatic rings. The maximum absolute atomic E-state index is 3.63. The molecule has 0 aliphatic heterocycles. The molecule has 0 N–H and O–H groups in total. The quantitative estimate of drug-likeness (QED) is 0.479. The van der Waals surface area contributed by atoms with Crippen molar-refractivity contribution in [3.63, 3.8) is 0 Å². The summed E-state index contributed by atoms with van der Waals surface area (Å²) in [6.45, 7) is 11.5. The highest BCUT2D eigenvalue weighted by molar-refractivity contribution is 5.46. The lowest BCUT2D eigenvalue weighted by Gasteiger charge is -1.93. The second kappa shape index (κ2) is 11.7. The molecule has 3 rings (SSSR count). The molecule has 0 heteroatoms. The third kappa shape index (κ3) is 7.95. The van der Waals surface area contributed by atoms with Gasteiger partial charge in [0.15, 0.2) is 0 Å². The average Bonchev–Trinajstić information content (AvgIpc) is 2.66. The molecule has 24 heavy (non-hydrogen) atoms. The number of hydrogen-bond donors (Lipinski definition) is 0. The van der Waals surface area contributed by atoms with E-state index < -0.39 is 0 Å². The third-order valence-electron chi connectivity index (χ3n) is 3.50. The van der Waals surface area contributed by atoms with Gasteiger partial charge >= 0.3 is 0 Å². The Morgan fingerprint density at radius 1 is 0.500 bits per heavy atom. The van der Waals surface area contributed by atoms with Crippen LogP contribution in [0.4, 0.5) is 0 Å². The molecule has 0 fully saturated rings. The van der Waals surface area contributed by atoms with E-state index in [-0.39, 0.29) is 0 Å². The van der Waals surface area contributed by atoms with Gasteiger partial charge in [-0.05, 0) is 36.1 Å². The molecule has 0 atom stereocenters. The van der Waals surface area contributed by atoms with Crippen LogP contribution in [0.5, 0.6) is 0 Å². The summed E-state index contributed by atoms with van der Waals surface area (Å²) in [6, 6.07) is 28.4. The minimum atomic E-state index is 1.17. The fraction of sp³-hybridized carbons (Fsp3) is 0.0833. The summed E-state index contributed by atoms with van der Waals surface area (Å²) in [5.74, 6) is 0. The molecule has 0 bridgehead atoms. The van der Waals surface area contributed by atoms with Crippen molar-refractivity contribution in [3.05, 3.63) is 120 Å². The Kier molecular flexibility index (Phi) is 9.33. The first kappa shape index (κ1) is 19.2. The fourth-order valence-electron chi connectivity index (χ4n) is 1.84. The average molecular weight is 314 g/mol. The molecule has 0 aromatic heterocycles. The summed E-state index contributed by atoms with van der Waals surface area (Å²) in [7, 11) is 0. The number of aryl methyl sites for hydroxylation is 2. The first-order valence-electron chi connectivity index (χ1n) is 8.04. The first-order chi connectivity index (χ1) is 11.7. The van der Waals surface area contributed by atoms with Crippen molar-refractivity contribution < 1.29 is 0 Å². The van der Waals surface area contributed by atoms with Crippen LogP contribution in [0.25, 0.3) is 12.2 Å². The van der Waals surface area contributed by atoms with Gasteiger partial charge in [0.1, 0.15) is 0 Å². The van der Waals surface area contributed by atoms with E-state index >= 15 is 0 Å². The summed E-state index contributed by atoms with van der Waals surface area (Å²) in [5.41, 5.74) is 5.08. The molecule has 122 valence electrons. The maximum atomic E-state index is 3.63. The van der Waals surface area contributed by atoms with Gasteiger partial charge < -0.3 is 0 Å². The largest absolute Gasteiger partial charge is 0.0985 e. The van der Waals surface area contributed by atoms with E-state index in [1.165, 1.54) is 22.3 Å². The van der Waals surface area contributed by atoms with Crippen molar-refractivity contribution in [3.8, 4) is 0 Å². The lowest BCUT2D eigenvalue weighted by atomic mass is 10.1. The van der Waals surface area contributed by atoms with Gasteiger partial charge in [-0.25, -0.2) is 0 Å². The third-order valence-corrected chi connectivity index (χ3v) is 3.50. The van der Waals surface area contributed by atoms with Crippen LogP contribution in [0.2, 0.25) is 0 Å². The molecule has 0 unspecified atom stereocenters. The Balaban J connectivity index is 0.000000180. The molecule has 0 heterocycles. The van der Waals surface area contributed by atoms with Crippen LogP contribution in [0.3, 0.4) is 0 Å². The molecular formula is C24H26. The lowest BCUT2D eigenvalue weighted by molar-refractivity contribution is 1.34. The highest BCUT2D eigenvalue weighted by atomic mass is 13.9. The monoisotopic (exact) mass is 314 g/mol. The van der Waals surface area contributed by atoms with Gasteiger partial charge in [-0.1, -0.05) is 110 Å². The van der Waals surface area contributed by atoms with E-state index in [1.54, 1.807) is 0 Å². The molecule has 0 spiro atoms. The van der Waals surface area contributed by atoms with Crippen molar-refractivity contribution in [2.24, 2.45) is 0 Å². The van der Waals surface area contributed by atoms with E-state index in [0.717, 1.165) is 0 Å². The molecular weight excluding hydrogens is 288 g/mol. The van der Waals surface area contributed by atoms with Gasteiger partial charge in [0, 0.05) is 0 Å². The fourth-order valence-corrected chi connectivity index (χ4v) is 1.84. The number of hydrogen-bond acceptors (Lipinski definition) is 0. The molecule has 0 aliphatic carbocycles. The van der Waals surface area contributed by atoms with Gasteiger partial charge in [-0.2, -0.15) is 0 Å². The zero-order valence-corrected chi connectivity index (χ0v) is 14.7. The maximum Gasteiger partial charge on any atom is -0.0263 e. The van der Waals surface area contributed by atoms with Gasteiger partial charge in [0.25, 0.3) is 0 Å². The lowest BCUT2D eigenvalue weighted by Crippen LogP contribution is -1.74. The molecule has 0 nitrogen and oxygen atoms in total. The Labute approximate surface area is 146 Å². The van der Waals surface area contributed by atoms with E-state index in [1.807, 2.05) is 72.8 Å². The Bertz CT molecular complexity index is 645. The van der Waals surface area contributed by atoms with E-state index in [9.17, 15) is 0 Å². The molecule has 0 aliphatic rings. The smallest absolute Gasteiger partial charge is 0.0263 e. The summed E-state index contributed by atoms with van der Waals surface area (Å²) in [6.07, 6.45) is 3.67. The highest BCUT2D eigenvalue weighted by Crippen LogP contribution is 2.02. The first-order valence-corrected chi connectivity index (χ1v) is 8.04. The summed E-state index contributed by atoms with van der Waals surface area (Å²) < 4.78 is 0. The van der Waals surface area contributed by atoms with Gasteiger partial charge in [-0.3, -0.25) is 0 Å². The van der Waals surface area contributed by atoms with Gasteiger partial charge in [-0.15, -0.1) is 0 Å².